The molecule has 1 aliphatic rings. The van der Waals surface area contributed by atoms with E-state index in [4.69, 9.17) is 4.74 Å². The molecule has 1 saturated heterocycles. The Bertz CT molecular complexity index is 969. The molecule has 0 saturated carbocycles. The molecule has 6 heteroatoms. The lowest BCUT2D eigenvalue weighted by atomic mass is 9.93. The van der Waals surface area contributed by atoms with Gasteiger partial charge in [0.2, 0.25) is 6.10 Å². The molecule has 0 unspecified atom stereocenters. The summed E-state index contributed by atoms with van der Waals surface area (Å²) >= 11 is 0. The Morgan fingerprint density at radius 3 is 2.36 bits per heavy atom. The Morgan fingerprint density at radius 1 is 0.960 bits per heavy atom. The Hall–Kier alpha value is -3.41. The van der Waals surface area contributed by atoms with Crippen molar-refractivity contribution < 1.29 is 14.5 Å². The smallest absolute Gasteiger partial charge is 0.269 e. The quantitative estimate of drug-likeness (QED) is 0.450. The van der Waals surface area contributed by atoms with Gasteiger partial charge in [-0.15, -0.1) is 0 Å². The number of carbonyl (C=O) groups excluding carboxylic acids is 1. The first-order valence-corrected chi connectivity index (χ1v) is 7.82. The molecule has 0 spiro atoms. The molecule has 1 N–H and O–H groups in total. The number of nitro benzene ring substituents is 1. The van der Waals surface area contributed by atoms with Gasteiger partial charge in [-0.1, -0.05) is 30.3 Å². The summed E-state index contributed by atoms with van der Waals surface area (Å²) < 4.78 is 5.87. The number of fused-ring (bicyclic) bond motifs is 1. The van der Waals surface area contributed by atoms with Gasteiger partial charge in [-0.2, -0.15) is 0 Å². The second-order valence-electron chi connectivity index (χ2n) is 5.88. The number of hydrogen-bond acceptors (Lipinski definition) is 4. The summed E-state index contributed by atoms with van der Waals surface area (Å²) in [7, 11) is 0. The van der Waals surface area contributed by atoms with Gasteiger partial charge in [-0.3, -0.25) is 14.9 Å². The maximum Gasteiger partial charge on any atom is 0.269 e. The second-order valence-corrected chi connectivity index (χ2v) is 5.88. The molecule has 2 atom stereocenters. The third-order valence-electron chi connectivity index (χ3n) is 4.31. The molecule has 1 heterocycles. The minimum Gasteiger partial charge on any atom is -0.478 e. The molecule has 0 aliphatic carbocycles. The molecule has 0 radical (unpaired) electrons. The molecule has 3 aromatic carbocycles. The van der Waals surface area contributed by atoms with Gasteiger partial charge in [0.1, 0.15) is 11.8 Å². The topological polar surface area (TPSA) is 81.5 Å². The summed E-state index contributed by atoms with van der Waals surface area (Å²) in [4.78, 5) is 22.2. The maximum absolute atomic E-state index is 11.9. The molecule has 6 nitrogen and oxygen atoms in total. The van der Waals surface area contributed by atoms with Crippen molar-refractivity contribution in [1.82, 2.24) is 5.32 Å². The highest BCUT2D eigenvalue weighted by atomic mass is 16.6. The van der Waals surface area contributed by atoms with E-state index in [1.54, 1.807) is 12.1 Å². The summed E-state index contributed by atoms with van der Waals surface area (Å²) in [5, 5.41) is 15.7. The van der Waals surface area contributed by atoms with Crippen LogP contribution in [0.15, 0.2) is 66.7 Å². The molecule has 1 amide bonds. The highest BCUT2D eigenvalue weighted by molar-refractivity contribution is 5.89. The van der Waals surface area contributed by atoms with Crippen LogP contribution in [0.25, 0.3) is 10.8 Å². The van der Waals surface area contributed by atoms with Gasteiger partial charge in [0.05, 0.1) is 4.92 Å². The van der Waals surface area contributed by atoms with Crippen LogP contribution in [-0.4, -0.2) is 16.9 Å². The fraction of sp³-hybridized carbons (Fsp3) is 0.105. The molecular weight excluding hydrogens is 320 g/mol. The van der Waals surface area contributed by atoms with E-state index >= 15 is 0 Å². The van der Waals surface area contributed by atoms with Crippen molar-refractivity contribution in [3.63, 3.8) is 0 Å². The monoisotopic (exact) mass is 334 g/mol. The van der Waals surface area contributed by atoms with Crippen LogP contribution in [0.3, 0.4) is 0 Å². The van der Waals surface area contributed by atoms with Crippen LogP contribution in [0, 0.1) is 10.1 Å². The lowest BCUT2D eigenvalue weighted by molar-refractivity contribution is -0.384. The van der Waals surface area contributed by atoms with Crippen molar-refractivity contribution in [1.29, 1.82) is 0 Å². The number of nitrogens with one attached hydrogen (secondary N) is 1. The second kappa shape index (κ2) is 5.90. The van der Waals surface area contributed by atoms with E-state index in [1.807, 2.05) is 42.5 Å². The summed E-state index contributed by atoms with van der Waals surface area (Å²) in [6.07, 6.45) is -0.650. The minimum atomic E-state index is -0.650. The molecule has 3 aromatic rings. The van der Waals surface area contributed by atoms with E-state index in [1.165, 1.54) is 12.1 Å². The number of β-lactam (4-membered cyclic amide) rings is 1. The van der Waals surface area contributed by atoms with Crippen molar-refractivity contribution in [3.05, 3.63) is 82.4 Å². The zero-order valence-electron chi connectivity index (χ0n) is 13.1. The van der Waals surface area contributed by atoms with Gasteiger partial charge >= 0.3 is 0 Å². The summed E-state index contributed by atoms with van der Waals surface area (Å²) in [6.45, 7) is 0. The summed E-state index contributed by atoms with van der Waals surface area (Å²) in [5.74, 6) is 0.418. The highest BCUT2D eigenvalue weighted by Gasteiger charge is 2.42. The first-order valence-electron chi connectivity index (χ1n) is 7.82. The van der Waals surface area contributed by atoms with Crippen molar-refractivity contribution >= 4 is 22.4 Å². The van der Waals surface area contributed by atoms with Gasteiger partial charge < -0.3 is 10.1 Å². The van der Waals surface area contributed by atoms with Gasteiger partial charge in [-0.25, -0.2) is 0 Å². The molecule has 1 fully saturated rings. The van der Waals surface area contributed by atoms with Gasteiger partial charge in [0, 0.05) is 12.1 Å². The predicted molar refractivity (Wildman–Crippen MR) is 92.3 cm³/mol. The zero-order valence-corrected chi connectivity index (χ0v) is 13.1. The number of non-ortho nitro benzene ring substituents is 1. The minimum absolute atomic E-state index is 0.0152. The Labute approximate surface area is 143 Å². The third-order valence-corrected chi connectivity index (χ3v) is 4.31. The summed E-state index contributed by atoms with van der Waals surface area (Å²) in [6, 6.07) is 19.4. The molecular formula is C19H14N2O4. The molecule has 124 valence electrons. The van der Waals surface area contributed by atoms with Crippen LogP contribution in [0.4, 0.5) is 5.69 Å². The number of carbonyl (C=O) groups is 1. The number of hydrogen-bond donors (Lipinski definition) is 1. The van der Waals surface area contributed by atoms with E-state index in [9.17, 15) is 14.9 Å². The first-order chi connectivity index (χ1) is 12.1. The average molecular weight is 334 g/mol. The lowest BCUT2D eigenvalue weighted by Crippen LogP contribution is -2.58. The van der Waals surface area contributed by atoms with Gasteiger partial charge in [-0.05, 0) is 40.6 Å². The molecule has 1 aliphatic heterocycles. The average Bonchev–Trinajstić information content (AvgIpc) is 2.64. The Balaban J connectivity index is 1.55. The fourth-order valence-corrected chi connectivity index (χ4v) is 2.94. The van der Waals surface area contributed by atoms with E-state index < -0.39 is 11.0 Å². The lowest BCUT2D eigenvalue weighted by Gasteiger charge is -2.36. The molecule has 0 aromatic heterocycles. The standard InChI is InChI=1S/C19H14N2O4/c22-19-18(17(20-19)13-5-8-15(9-6-13)21(23)24)25-16-10-7-12-3-1-2-4-14(12)11-16/h1-11,17-18H,(H,20,22)/t17-,18+/m0/s1. The SMILES string of the molecule is O=C1N[C@@H](c2ccc([N+](=O)[O-])cc2)[C@H]1Oc1ccc2ccccc2c1. The van der Waals surface area contributed by atoms with Gasteiger partial charge in [0.15, 0.2) is 0 Å². The normalized spacial score (nSPS) is 19.1. The Morgan fingerprint density at radius 2 is 1.68 bits per heavy atom. The molecule has 4 rings (SSSR count). The van der Waals surface area contributed by atoms with Crippen LogP contribution in [0.1, 0.15) is 11.6 Å². The van der Waals surface area contributed by atoms with E-state index in [-0.39, 0.29) is 17.6 Å². The zero-order chi connectivity index (χ0) is 17.4. The van der Waals surface area contributed by atoms with E-state index in [2.05, 4.69) is 5.32 Å². The third kappa shape index (κ3) is 2.78. The number of nitrogens with zero attached hydrogens (tertiary/aromatic N) is 1. The largest absolute Gasteiger partial charge is 0.478 e. The number of benzene rings is 3. The number of rotatable bonds is 4. The van der Waals surface area contributed by atoms with E-state index in [0.717, 1.165) is 16.3 Å². The van der Waals surface area contributed by atoms with Crippen molar-refractivity contribution in [2.24, 2.45) is 0 Å². The highest BCUT2D eigenvalue weighted by Crippen LogP contribution is 2.31. The number of nitro groups is 1. The van der Waals surface area contributed by atoms with Crippen LogP contribution < -0.4 is 10.1 Å². The maximum atomic E-state index is 11.9. The number of ether oxygens (including phenoxy) is 1. The first kappa shape index (κ1) is 15.1. The molecule has 0 bridgehead atoms. The van der Waals surface area contributed by atoms with Gasteiger partial charge in [0.25, 0.3) is 11.6 Å². The Kier molecular flexibility index (Phi) is 3.57. The van der Waals surface area contributed by atoms with Crippen LogP contribution in [-0.2, 0) is 4.79 Å². The summed E-state index contributed by atoms with van der Waals surface area (Å²) in [5.41, 5.74) is 0.789. The van der Waals surface area contributed by atoms with Crippen molar-refractivity contribution in [2.45, 2.75) is 12.1 Å². The number of amides is 1. The van der Waals surface area contributed by atoms with Crippen LogP contribution in [0.2, 0.25) is 0 Å². The van der Waals surface area contributed by atoms with E-state index in [0.29, 0.717) is 5.75 Å². The molecule has 25 heavy (non-hydrogen) atoms. The van der Waals surface area contributed by atoms with Crippen molar-refractivity contribution in [3.8, 4) is 5.75 Å². The van der Waals surface area contributed by atoms with Crippen molar-refractivity contribution in [2.75, 3.05) is 0 Å². The fourth-order valence-electron chi connectivity index (χ4n) is 2.94. The van der Waals surface area contributed by atoms with Crippen LogP contribution >= 0.6 is 0 Å². The van der Waals surface area contributed by atoms with Crippen LogP contribution in [0.5, 0.6) is 5.75 Å². The predicted octanol–water partition coefficient (Wildman–Crippen LogP) is 3.37.